The molecule has 0 saturated heterocycles. The highest BCUT2D eigenvalue weighted by atomic mass is 16.4. The number of hydrogen-bond donors (Lipinski definition) is 2. The van der Waals surface area contributed by atoms with Crippen LogP contribution in [-0.4, -0.2) is 28.1 Å². The molecule has 2 atom stereocenters. The van der Waals surface area contributed by atoms with Crippen molar-refractivity contribution in [3.8, 4) is 0 Å². The predicted octanol–water partition coefficient (Wildman–Crippen LogP) is 4.73. The van der Waals surface area contributed by atoms with Gasteiger partial charge < -0.3 is 10.2 Å². The molecule has 4 nitrogen and oxygen atoms in total. The van der Waals surface area contributed by atoms with Gasteiger partial charge in [-0.3, -0.25) is 9.59 Å². The molecule has 4 heteroatoms. The Bertz CT molecular complexity index is 314. The minimum Gasteiger partial charge on any atom is -0.481 e. The summed E-state index contributed by atoms with van der Waals surface area (Å²) in [6.45, 7) is 3.82. The van der Waals surface area contributed by atoms with Crippen LogP contribution in [0.2, 0.25) is 0 Å². The molecule has 0 rings (SSSR count). The Balaban J connectivity index is 3.73. The number of Topliss-reactive ketones (excluding diaryl/α,β-unsaturated/α-hetero) is 1. The Morgan fingerprint density at radius 3 is 2.00 bits per heavy atom. The summed E-state index contributed by atoms with van der Waals surface area (Å²) in [4.78, 5) is 22.1. The number of rotatable bonds is 16. The summed E-state index contributed by atoms with van der Waals surface area (Å²) in [5.41, 5.74) is 0. The number of carbonyl (C=O) groups is 2. The molecule has 0 aliphatic rings. The zero-order chi connectivity index (χ0) is 17.5. The zero-order valence-corrected chi connectivity index (χ0v) is 15.1. The van der Waals surface area contributed by atoms with Crippen LogP contribution in [0.4, 0.5) is 0 Å². The van der Waals surface area contributed by atoms with Gasteiger partial charge in [0.15, 0.2) is 0 Å². The van der Waals surface area contributed by atoms with E-state index >= 15 is 0 Å². The lowest BCUT2D eigenvalue weighted by molar-refractivity contribution is -0.137. The van der Waals surface area contributed by atoms with E-state index in [2.05, 4.69) is 6.92 Å². The molecule has 0 bridgehead atoms. The molecular weight excluding hydrogens is 292 g/mol. The largest absolute Gasteiger partial charge is 0.481 e. The van der Waals surface area contributed by atoms with E-state index in [0.717, 1.165) is 64.2 Å². The summed E-state index contributed by atoms with van der Waals surface area (Å²) in [6.07, 6.45) is 11.5. The minimum atomic E-state index is -0.732. The van der Waals surface area contributed by atoms with Crippen molar-refractivity contribution in [3.05, 3.63) is 0 Å². The van der Waals surface area contributed by atoms with Crippen LogP contribution < -0.4 is 0 Å². The van der Waals surface area contributed by atoms with Crippen LogP contribution in [0.1, 0.15) is 97.3 Å². The average molecular weight is 328 g/mol. The first-order valence-electron chi connectivity index (χ1n) is 9.37. The van der Waals surface area contributed by atoms with E-state index in [4.69, 9.17) is 5.11 Å². The lowest BCUT2D eigenvalue weighted by atomic mass is 9.91. The van der Waals surface area contributed by atoms with Crippen molar-refractivity contribution in [2.75, 3.05) is 0 Å². The minimum absolute atomic E-state index is 0.109. The maximum Gasteiger partial charge on any atom is 0.303 e. The first-order valence-corrected chi connectivity index (χ1v) is 9.37. The number of carboxylic acids is 1. The molecule has 0 heterocycles. The average Bonchev–Trinajstić information content (AvgIpc) is 2.48. The quantitative estimate of drug-likeness (QED) is 0.402. The van der Waals surface area contributed by atoms with Crippen molar-refractivity contribution in [1.82, 2.24) is 0 Å². The van der Waals surface area contributed by atoms with Gasteiger partial charge in [-0.05, 0) is 39.0 Å². The highest BCUT2D eigenvalue weighted by molar-refractivity contribution is 5.78. The van der Waals surface area contributed by atoms with Gasteiger partial charge in [0.05, 0.1) is 6.10 Å². The van der Waals surface area contributed by atoms with Crippen molar-refractivity contribution in [2.45, 2.75) is 103 Å². The number of carbonyl (C=O) groups excluding carboxylic acids is 1. The van der Waals surface area contributed by atoms with Gasteiger partial charge in [0.2, 0.25) is 0 Å². The van der Waals surface area contributed by atoms with Gasteiger partial charge in [0.25, 0.3) is 0 Å². The molecule has 0 aromatic carbocycles. The van der Waals surface area contributed by atoms with Gasteiger partial charge in [-0.1, -0.05) is 51.9 Å². The molecule has 2 N–H and O–H groups in total. The van der Waals surface area contributed by atoms with Crippen molar-refractivity contribution >= 4 is 11.8 Å². The number of ketones is 1. The van der Waals surface area contributed by atoms with Gasteiger partial charge in [-0.2, -0.15) is 0 Å². The summed E-state index contributed by atoms with van der Waals surface area (Å²) in [7, 11) is 0. The van der Waals surface area contributed by atoms with E-state index in [0.29, 0.717) is 0 Å². The molecule has 0 aliphatic heterocycles. The predicted molar refractivity (Wildman–Crippen MR) is 93.5 cm³/mol. The first-order chi connectivity index (χ1) is 11.0. The molecule has 0 saturated carbocycles. The maximum absolute atomic E-state index is 11.7. The Labute approximate surface area is 141 Å². The van der Waals surface area contributed by atoms with Crippen LogP contribution >= 0.6 is 0 Å². The number of hydrogen-bond acceptors (Lipinski definition) is 3. The number of carboxylic acid groups (broad SMARTS) is 1. The van der Waals surface area contributed by atoms with E-state index in [-0.39, 0.29) is 24.2 Å². The van der Waals surface area contributed by atoms with Crippen LogP contribution in [0.25, 0.3) is 0 Å². The summed E-state index contributed by atoms with van der Waals surface area (Å²) < 4.78 is 0. The van der Waals surface area contributed by atoms with E-state index in [1.807, 2.05) is 0 Å². The third kappa shape index (κ3) is 14.4. The fourth-order valence-electron chi connectivity index (χ4n) is 2.95. The molecule has 0 fully saturated rings. The number of aliphatic hydroxyl groups is 1. The maximum atomic E-state index is 11.7. The third-order valence-corrected chi connectivity index (χ3v) is 4.50. The molecule has 1 unspecified atom stereocenters. The van der Waals surface area contributed by atoms with Gasteiger partial charge in [0, 0.05) is 12.3 Å². The van der Waals surface area contributed by atoms with E-state index < -0.39 is 5.97 Å². The molecular formula is C19H36O4. The molecule has 0 aromatic heterocycles. The van der Waals surface area contributed by atoms with Gasteiger partial charge >= 0.3 is 5.97 Å². The zero-order valence-electron chi connectivity index (χ0n) is 15.1. The molecule has 23 heavy (non-hydrogen) atoms. The monoisotopic (exact) mass is 328 g/mol. The van der Waals surface area contributed by atoms with Crippen LogP contribution in [0.15, 0.2) is 0 Å². The Kier molecular flexibility index (Phi) is 14.1. The van der Waals surface area contributed by atoms with Gasteiger partial charge in [-0.25, -0.2) is 0 Å². The van der Waals surface area contributed by atoms with Gasteiger partial charge in [-0.15, -0.1) is 0 Å². The lowest BCUT2D eigenvalue weighted by Gasteiger charge is -2.15. The third-order valence-electron chi connectivity index (χ3n) is 4.50. The summed E-state index contributed by atoms with van der Waals surface area (Å²) in [6, 6.07) is 0. The lowest BCUT2D eigenvalue weighted by Crippen LogP contribution is -2.13. The topological polar surface area (TPSA) is 74.6 Å². The van der Waals surface area contributed by atoms with Crippen LogP contribution in [0.3, 0.4) is 0 Å². The number of unbranched alkanes of at least 4 members (excludes halogenated alkanes) is 5. The number of aliphatic carboxylic acids is 1. The second kappa shape index (κ2) is 14.7. The normalized spacial score (nSPS) is 13.7. The molecule has 0 radical (unpaired) electrons. The summed E-state index contributed by atoms with van der Waals surface area (Å²) in [5, 5.41) is 18.5. The highest BCUT2D eigenvalue weighted by Gasteiger charge is 2.14. The smallest absolute Gasteiger partial charge is 0.303 e. The van der Waals surface area contributed by atoms with Gasteiger partial charge in [0.1, 0.15) is 5.78 Å². The number of aliphatic hydroxyl groups excluding tert-OH is 1. The van der Waals surface area contributed by atoms with Crippen molar-refractivity contribution < 1.29 is 19.8 Å². The fourth-order valence-corrected chi connectivity index (χ4v) is 2.95. The van der Waals surface area contributed by atoms with E-state index in [9.17, 15) is 14.7 Å². The van der Waals surface area contributed by atoms with E-state index in [1.54, 1.807) is 6.92 Å². The molecule has 0 aromatic rings. The molecule has 0 amide bonds. The van der Waals surface area contributed by atoms with Crippen molar-refractivity contribution in [3.63, 3.8) is 0 Å². The standard InChI is InChI=1S/C19H36O4/c1-3-4-7-13-18(21)14-10-12-17(16(2)20)11-8-5-6-9-15-19(22)23/h17-18,21H,3-15H2,1-2H3,(H,22,23)/t17?,18-/m1/s1. The summed E-state index contributed by atoms with van der Waals surface area (Å²) in [5.74, 6) is -0.377. The fraction of sp³-hybridized carbons (Fsp3) is 0.895. The van der Waals surface area contributed by atoms with Crippen LogP contribution in [0, 0.1) is 5.92 Å². The highest BCUT2D eigenvalue weighted by Crippen LogP contribution is 2.20. The van der Waals surface area contributed by atoms with Crippen LogP contribution in [-0.2, 0) is 9.59 Å². The van der Waals surface area contributed by atoms with Crippen molar-refractivity contribution in [1.29, 1.82) is 0 Å². The summed E-state index contributed by atoms with van der Waals surface area (Å²) >= 11 is 0. The van der Waals surface area contributed by atoms with E-state index in [1.165, 1.54) is 12.8 Å². The Morgan fingerprint density at radius 1 is 0.826 bits per heavy atom. The molecule has 0 spiro atoms. The first kappa shape index (κ1) is 22.1. The molecule has 136 valence electrons. The SMILES string of the molecule is CCCCC[C@@H](O)CCCC(CCCCCCC(=O)O)C(C)=O. The molecule has 0 aliphatic carbocycles. The second-order valence-electron chi connectivity index (χ2n) is 6.73. The van der Waals surface area contributed by atoms with Crippen molar-refractivity contribution in [2.24, 2.45) is 5.92 Å². The second-order valence-corrected chi connectivity index (χ2v) is 6.73. The van der Waals surface area contributed by atoms with Crippen LogP contribution in [0.5, 0.6) is 0 Å². The Morgan fingerprint density at radius 2 is 1.39 bits per heavy atom. The Hall–Kier alpha value is -0.900.